The summed E-state index contributed by atoms with van der Waals surface area (Å²) in [5, 5.41) is 2.98. The molecule has 0 aliphatic rings. The van der Waals surface area contributed by atoms with E-state index in [-0.39, 0.29) is 11.3 Å². The number of hydrogen-bond acceptors (Lipinski definition) is 2. The summed E-state index contributed by atoms with van der Waals surface area (Å²) < 4.78 is 0. The molecule has 0 aromatic carbocycles. The lowest BCUT2D eigenvalue weighted by atomic mass is 9.79. The summed E-state index contributed by atoms with van der Waals surface area (Å²) in [6, 6.07) is 0. The number of carbonyl (C=O) groups is 1. The van der Waals surface area contributed by atoms with E-state index in [0.29, 0.717) is 13.1 Å². The number of nitrogens with two attached hydrogens (primary N) is 1. The van der Waals surface area contributed by atoms with Crippen LogP contribution in [0.2, 0.25) is 0 Å². The van der Waals surface area contributed by atoms with E-state index in [1.165, 1.54) is 32.1 Å². The monoisotopic (exact) mass is 270 g/mol. The molecule has 0 saturated heterocycles. The lowest BCUT2D eigenvalue weighted by molar-refractivity contribution is -0.131. The van der Waals surface area contributed by atoms with Gasteiger partial charge in [-0.15, -0.1) is 0 Å². The zero-order valence-electron chi connectivity index (χ0n) is 13.3. The van der Waals surface area contributed by atoms with Gasteiger partial charge in [0.15, 0.2) is 0 Å². The van der Waals surface area contributed by atoms with Crippen LogP contribution in [0, 0.1) is 5.41 Å². The van der Waals surface area contributed by atoms with Gasteiger partial charge in [-0.05, 0) is 12.8 Å². The lowest BCUT2D eigenvalue weighted by Crippen LogP contribution is -2.41. The van der Waals surface area contributed by atoms with Crippen molar-refractivity contribution in [2.45, 2.75) is 78.6 Å². The van der Waals surface area contributed by atoms with Crippen molar-refractivity contribution in [3.8, 4) is 0 Å². The van der Waals surface area contributed by atoms with E-state index in [0.717, 1.165) is 25.7 Å². The first-order valence-corrected chi connectivity index (χ1v) is 8.09. The highest BCUT2D eigenvalue weighted by atomic mass is 16.2. The van der Waals surface area contributed by atoms with E-state index in [1.807, 2.05) is 0 Å². The number of unbranched alkanes of at least 4 members (excludes halogenated alkanes) is 5. The normalized spacial score (nSPS) is 14.1. The Bertz CT molecular complexity index is 231. The molecular formula is C16H34N2O. The van der Waals surface area contributed by atoms with Crippen LogP contribution in [0.25, 0.3) is 0 Å². The Morgan fingerprint density at radius 1 is 1.00 bits per heavy atom. The molecule has 1 amide bonds. The molecule has 0 aliphatic heterocycles. The second-order valence-electron chi connectivity index (χ2n) is 5.87. The standard InChI is InChI=1S/C16H34N2O/c1-4-6-8-10-12-16(3,11-9-7-5-2)15(19)18-14-13-17/h4-14,17H2,1-3H3,(H,18,19). The fourth-order valence-electron chi connectivity index (χ4n) is 2.46. The average Bonchev–Trinajstić information content (AvgIpc) is 2.41. The molecule has 0 aromatic heterocycles. The molecule has 0 saturated carbocycles. The maximum atomic E-state index is 12.3. The molecule has 0 radical (unpaired) electrons. The molecule has 0 bridgehead atoms. The van der Waals surface area contributed by atoms with Gasteiger partial charge in [-0.3, -0.25) is 4.79 Å². The van der Waals surface area contributed by atoms with E-state index in [2.05, 4.69) is 26.1 Å². The number of nitrogens with one attached hydrogen (secondary N) is 1. The summed E-state index contributed by atoms with van der Waals surface area (Å²) in [6.07, 6.45) is 10.5. The van der Waals surface area contributed by atoms with Crippen LogP contribution < -0.4 is 11.1 Å². The Labute approximate surface area is 119 Å². The van der Waals surface area contributed by atoms with E-state index >= 15 is 0 Å². The average molecular weight is 270 g/mol. The minimum absolute atomic E-state index is 0.196. The second kappa shape index (κ2) is 11.3. The number of carbonyl (C=O) groups excluding carboxylic acids is 1. The maximum Gasteiger partial charge on any atom is 0.225 e. The highest BCUT2D eigenvalue weighted by Gasteiger charge is 2.31. The summed E-state index contributed by atoms with van der Waals surface area (Å²) >= 11 is 0. The van der Waals surface area contributed by atoms with Crippen LogP contribution in [0.4, 0.5) is 0 Å². The van der Waals surface area contributed by atoms with Gasteiger partial charge in [0.25, 0.3) is 0 Å². The number of amides is 1. The number of rotatable bonds is 12. The van der Waals surface area contributed by atoms with Gasteiger partial charge < -0.3 is 11.1 Å². The second-order valence-corrected chi connectivity index (χ2v) is 5.87. The zero-order valence-corrected chi connectivity index (χ0v) is 13.3. The van der Waals surface area contributed by atoms with Gasteiger partial charge in [0.05, 0.1) is 0 Å². The SMILES string of the molecule is CCCCCCC(C)(CCCCC)C(=O)NCCN. The molecule has 1 unspecified atom stereocenters. The quantitative estimate of drug-likeness (QED) is 0.532. The first-order chi connectivity index (χ1) is 9.10. The molecule has 0 rings (SSSR count). The third kappa shape index (κ3) is 8.25. The van der Waals surface area contributed by atoms with Gasteiger partial charge in [-0.2, -0.15) is 0 Å². The third-order valence-corrected chi connectivity index (χ3v) is 3.89. The summed E-state index contributed by atoms with van der Waals surface area (Å²) in [6.45, 7) is 7.66. The Balaban J connectivity index is 4.29. The smallest absolute Gasteiger partial charge is 0.225 e. The van der Waals surface area contributed by atoms with Crippen molar-refractivity contribution in [3.05, 3.63) is 0 Å². The van der Waals surface area contributed by atoms with Crippen molar-refractivity contribution in [2.24, 2.45) is 11.1 Å². The maximum absolute atomic E-state index is 12.3. The molecule has 3 heteroatoms. The Hall–Kier alpha value is -0.570. The molecule has 19 heavy (non-hydrogen) atoms. The zero-order chi connectivity index (χ0) is 14.6. The first kappa shape index (κ1) is 18.4. The molecule has 0 spiro atoms. The van der Waals surface area contributed by atoms with E-state index < -0.39 is 0 Å². The van der Waals surface area contributed by atoms with Crippen molar-refractivity contribution >= 4 is 5.91 Å². The molecule has 3 nitrogen and oxygen atoms in total. The van der Waals surface area contributed by atoms with E-state index in [1.54, 1.807) is 0 Å². The van der Waals surface area contributed by atoms with Crippen LogP contribution in [-0.4, -0.2) is 19.0 Å². The highest BCUT2D eigenvalue weighted by molar-refractivity contribution is 5.82. The lowest BCUT2D eigenvalue weighted by Gasteiger charge is -2.28. The predicted octanol–water partition coefficient (Wildman–Crippen LogP) is 3.62. The Morgan fingerprint density at radius 3 is 2.05 bits per heavy atom. The fourth-order valence-corrected chi connectivity index (χ4v) is 2.46. The molecule has 0 aliphatic carbocycles. The molecule has 3 N–H and O–H groups in total. The topological polar surface area (TPSA) is 55.1 Å². The van der Waals surface area contributed by atoms with E-state index in [9.17, 15) is 4.79 Å². The van der Waals surface area contributed by atoms with Crippen molar-refractivity contribution in [3.63, 3.8) is 0 Å². The van der Waals surface area contributed by atoms with Gasteiger partial charge in [-0.1, -0.05) is 65.7 Å². The van der Waals surface area contributed by atoms with Crippen LogP contribution in [0.5, 0.6) is 0 Å². The van der Waals surface area contributed by atoms with E-state index in [4.69, 9.17) is 5.73 Å². The number of hydrogen-bond donors (Lipinski definition) is 2. The van der Waals surface area contributed by atoms with Crippen molar-refractivity contribution in [1.82, 2.24) is 5.32 Å². The molecular weight excluding hydrogens is 236 g/mol. The van der Waals surface area contributed by atoms with Gasteiger partial charge in [0.1, 0.15) is 0 Å². The van der Waals surface area contributed by atoms with Crippen molar-refractivity contribution in [2.75, 3.05) is 13.1 Å². The predicted molar refractivity (Wildman–Crippen MR) is 83.1 cm³/mol. The molecule has 114 valence electrons. The van der Waals surface area contributed by atoms with Crippen LogP contribution in [0.3, 0.4) is 0 Å². The van der Waals surface area contributed by atoms with Crippen LogP contribution >= 0.6 is 0 Å². The fraction of sp³-hybridized carbons (Fsp3) is 0.938. The first-order valence-electron chi connectivity index (χ1n) is 8.09. The summed E-state index contributed by atoms with van der Waals surface area (Å²) in [5.41, 5.74) is 5.27. The van der Waals surface area contributed by atoms with Gasteiger partial charge in [0, 0.05) is 18.5 Å². The highest BCUT2D eigenvalue weighted by Crippen LogP contribution is 2.31. The summed E-state index contributed by atoms with van der Waals surface area (Å²) in [4.78, 5) is 12.3. The third-order valence-electron chi connectivity index (χ3n) is 3.89. The van der Waals surface area contributed by atoms with Crippen LogP contribution in [0.15, 0.2) is 0 Å². The van der Waals surface area contributed by atoms with Gasteiger partial charge in [0.2, 0.25) is 5.91 Å². The minimum Gasteiger partial charge on any atom is -0.354 e. The Kier molecular flexibility index (Phi) is 10.9. The molecule has 0 fully saturated rings. The molecule has 0 aromatic rings. The van der Waals surface area contributed by atoms with Crippen LogP contribution in [-0.2, 0) is 4.79 Å². The van der Waals surface area contributed by atoms with Crippen molar-refractivity contribution < 1.29 is 4.79 Å². The van der Waals surface area contributed by atoms with Gasteiger partial charge >= 0.3 is 0 Å². The van der Waals surface area contributed by atoms with Gasteiger partial charge in [-0.25, -0.2) is 0 Å². The summed E-state index contributed by atoms with van der Waals surface area (Å²) in [7, 11) is 0. The molecule has 0 heterocycles. The van der Waals surface area contributed by atoms with Crippen molar-refractivity contribution in [1.29, 1.82) is 0 Å². The molecule has 1 atom stereocenters. The minimum atomic E-state index is -0.196. The Morgan fingerprint density at radius 2 is 1.53 bits per heavy atom. The van der Waals surface area contributed by atoms with Crippen LogP contribution in [0.1, 0.15) is 78.6 Å². The largest absolute Gasteiger partial charge is 0.354 e. The summed E-state index contributed by atoms with van der Waals surface area (Å²) in [5.74, 6) is 0.200.